The van der Waals surface area contributed by atoms with Crippen molar-refractivity contribution >= 4 is 23.6 Å². The van der Waals surface area contributed by atoms with Crippen LogP contribution in [0.15, 0.2) is 0 Å². The number of nitrogens with zero attached hydrogens (tertiary/aromatic N) is 1. The molecule has 6 heteroatoms. The van der Waals surface area contributed by atoms with E-state index in [-0.39, 0.29) is 17.8 Å². The molecule has 0 saturated heterocycles. The molecule has 0 bridgehead atoms. The number of carbonyl (C=O) groups excluding carboxylic acids is 2. The topological polar surface area (TPSA) is 55.8 Å². The minimum absolute atomic E-state index is 0.0156. The number of hydrogen-bond acceptors (Lipinski definition) is 5. The van der Waals surface area contributed by atoms with Crippen LogP contribution in [0.5, 0.6) is 0 Å². The number of carbonyl (C=O) groups is 2. The molecule has 1 atom stereocenters. The van der Waals surface area contributed by atoms with Crippen molar-refractivity contribution < 1.29 is 19.1 Å². The third-order valence-corrected chi connectivity index (χ3v) is 3.14. The predicted molar refractivity (Wildman–Crippen MR) is 68.0 cm³/mol. The van der Waals surface area contributed by atoms with Gasteiger partial charge < -0.3 is 14.4 Å². The highest BCUT2D eigenvalue weighted by atomic mass is 32.2. The maximum atomic E-state index is 11.7. The second kappa shape index (κ2) is 9.30. The highest BCUT2D eigenvalue weighted by molar-refractivity contribution is 7.99. The first-order valence-corrected chi connectivity index (χ1v) is 6.56. The molecule has 100 valence electrons. The second-order valence-electron chi connectivity index (χ2n) is 3.74. The van der Waals surface area contributed by atoms with Gasteiger partial charge in [0, 0.05) is 26.5 Å². The molecule has 0 aromatic carbocycles. The first-order valence-electron chi connectivity index (χ1n) is 5.41. The maximum absolute atomic E-state index is 11.7. The molecule has 0 fully saturated rings. The minimum Gasteiger partial charge on any atom is -0.469 e. The van der Waals surface area contributed by atoms with Gasteiger partial charge in [-0.05, 0) is 0 Å². The Hall–Kier alpha value is -0.750. The Kier molecular flexibility index (Phi) is 8.89. The summed E-state index contributed by atoms with van der Waals surface area (Å²) in [5.74, 6) is 0.632. The average Bonchev–Trinajstić information content (AvgIpc) is 2.32. The van der Waals surface area contributed by atoms with Gasteiger partial charge in [0.05, 0.1) is 25.4 Å². The molecule has 0 spiro atoms. The standard InChI is InChI=1S/C11H21NO4S/c1-9(11(14)16-4)7-12(2)10(13)8-17-6-5-15-3/h9H,5-8H2,1-4H3. The first kappa shape index (κ1) is 16.2. The number of methoxy groups -OCH3 is 2. The number of ether oxygens (including phenoxy) is 2. The van der Waals surface area contributed by atoms with E-state index >= 15 is 0 Å². The van der Waals surface area contributed by atoms with Crippen molar-refractivity contribution in [3.05, 3.63) is 0 Å². The maximum Gasteiger partial charge on any atom is 0.310 e. The van der Waals surface area contributed by atoms with Crippen LogP contribution in [0.4, 0.5) is 0 Å². The van der Waals surface area contributed by atoms with Gasteiger partial charge in [-0.1, -0.05) is 6.92 Å². The predicted octanol–water partition coefficient (Wildman–Crippen LogP) is 0.633. The quantitative estimate of drug-likeness (QED) is 0.475. The van der Waals surface area contributed by atoms with Gasteiger partial charge >= 0.3 is 5.97 Å². The van der Waals surface area contributed by atoms with E-state index in [1.165, 1.54) is 18.9 Å². The van der Waals surface area contributed by atoms with E-state index in [1.54, 1.807) is 26.0 Å². The Balaban J connectivity index is 3.84. The Labute approximate surface area is 107 Å². The van der Waals surface area contributed by atoms with Crippen molar-refractivity contribution in [2.75, 3.05) is 45.9 Å². The fraction of sp³-hybridized carbons (Fsp3) is 0.818. The largest absolute Gasteiger partial charge is 0.469 e. The van der Waals surface area contributed by atoms with Gasteiger partial charge in [0.2, 0.25) is 5.91 Å². The van der Waals surface area contributed by atoms with Gasteiger partial charge in [-0.25, -0.2) is 0 Å². The molecule has 0 aromatic heterocycles. The van der Waals surface area contributed by atoms with E-state index in [2.05, 4.69) is 4.74 Å². The van der Waals surface area contributed by atoms with Crippen LogP contribution < -0.4 is 0 Å². The Morgan fingerprint density at radius 3 is 2.53 bits per heavy atom. The fourth-order valence-electron chi connectivity index (χ4n) is 1.20. The molecule has 0 aliphatic rings. The summed E-state index contributed by atoms with van der Waals surface area (Å²) in [5.41, 5.74) is 0. The van der Waals surface area contributed by atoms with E-state index in [4.69, 9.17) is 4.74 Å². The summed E-state index contributed by atoms with van der Waals surface area (Å²) in [4.78, 5) is 24.4. The molecule has 0 radical (unpaired) electrons. The van der Waals surface area contributed by atoms with E-state index in [1.807, 2.05) is 0 Å². The lowest BCUT2D eigenvalue weighted by Crippen LogP contribution is -2.35. The van der Waals surface area contributed by atoms with Gasteiger partial charge in [0.1, 0.15) is 0 Å². The number of rotatable bonds is 8. The third-order valence-electron chi connectivity index (χ3n) is 2.23. The third kappa shape index (κ3) is 7.23. The Morgan fingerprint density at radius 2 is 2.00 bits per heavy atom. The van der Waals surface area contributed by atoms with E-state index in [9.17, 15) is 9.59 Å². The lowest BCUT2D eigenvalue weighted by molar-refractivity contribution is -0.145. The van der Waals surface area contributed by atoms with Gasteiger partial charge in [-0.15, -0.1) is 11.8 Å². The Bertz CT molecular complexity index is 248. The SMILES string of the molecule is COCCSCC(=O)N(C)CC(C)C(=O)OC. The molecule has 0 aliphatic carbocycles. The molecule has 1 unspecified atom stereocenters. The van der Waals surface area contributed by atoms with E-state index < -0.39 is 0 Å². The second-order valence-corrected chi connectivity index (χ2v) is 4.85. The van der Waals surface area contributed by atoms with Crippen LogP contribution in [-0.2, 0) is 19.1 Å². The van der Waals surface area contributed by atoms with Crippen molar-refractivity contribution in [3.8, 4) is 0 Å². The van der Waals surface area contributed by atoms with Crippen molar-refractivity contribution in [1.82, 2.24) is 4.90 Å². The Morgan fingerprint density at radius 1 is 1.35 bits per heavy atom. The molecule has 17 heavy (non-hydrogen) atoms. The highest BCUT2D eigenvalue weighted by Gasteiger charge is 2.18. The summed E-state index contributed by atoms with van der Waals surface area (Å²) in [6.45, 7) is 2.77. The van der Waals surface area contributed by atoms with Crippen LogP contribution in [0, 0.1) is 5.92 Å². The van der Waals surface area contributed by atoms with Crippen LogP contribution in [-0.4, -0.2) is 62.7 Å². The van der Waals surface area contributed by atoms with Crippen LogP contribution in [0.2, 0.25) is 0 Å². The summed E-state index contributed by atoms with van der Waals surface area (Å²) >= 11 is 1.52. The monoisotopic (exact) mass is 263 g/mol. The zero-order valence-electron chi connectivity index (χ0n) is 10.9. The molecule has 0 N–H and O–H groups in total. The number of amides is 1. The summed E-state index contributed by atoms with van der Waals surface area (Å²) in [5, 5.41) is 0. The van der Waals surface area contributed by atoms with Crippen LogP contribution in [0.3, 0.4) is 0 Å². The molecule has 0 aliphatic heterocycles. The van der Waals surface area contributed by atoms with Gasteiger partial charge in [0.25, 0.3) is 0 Å². The zero-order valence-corrected chi connectivity index (χ0v) is 11.7. The highest BCUT2D eigenvalue weighted by Crippen LogP contribution is 2.05. The molecular formula is C11H21NO4S. The summed E-state index contributed by atoms with van der Waals surface area (Å²) in [7, 11) is 4.67. The van der Waals surface area contributed by atoms with Crippen molar-refractivity contribution in [1.29, 1.82) is 0 Å². The van der Waals surface area contributed by atoms with Crippen LogP contribution in [0.1, 0.15) is 6.92 Å². The summed E-state index contributed by atoms with van der Waals surface area (Å²) < 4.78 is 9.49. The molecule has 0 rings (SSSR count). The number of hydrogen-bond donors (Lipinski definition) is 0. The molecular weight excluding hydrogens is 242 g/mol. The van der Waals surface area contributed by atoms with Crippen molar-refractivity contribution in [2.45, 2.75) is 6.92 Å². The summed E-state index contributed by atoms with van der Waals surface area (Å²) in [6.07, 6.45) is 0. The average molecular weight is 263 g/mol. The molecule has 0 heterocycles. The van der Waals surface area contributed by atoms with Gasteiger partial charge in [0.15, 0.2) is 0 Å². The van der Waals surface area contributed by atoms with Gasteiger partial charge in [-0.3, -0.25) is 9.59 Å². The lowest BCUT2D eigenvalue weighted by atomic mass is 10.2. The molecule has 0 aromatic rings. The van der Waals surface area contributed by atoms with E-state index in [0.29, 0.717) is 18.9 Å². The van der Waals surface area contributed by atoms with Crippen molar-refractivity contribution in [3.63, 3.8) is 0 Å². The van der Waals surface area contributed by atoms with Crippen molar-refractivity contribution in [2.24, 2.45) is 5.92 Å². The normalized spacial score (nSPS) is 12.0. The summed E-state index contributed by atoms with van der Waals surface area (Å²) in [6, 6.07) is 0. The fourth-order valence-corrected chi connectivity index (χ4v) is 2.02. The molecule has 0 saturated carbocycles. The first-order chi connectivity index (χ1) is 8.02. The smallest absolute Gasteiger partial charge is 0.310 e. The van der Waals surface area contributed by atoms with Crippen LogP contribution in [0.25, 0.3) is 0 Å². The van der Waals surface area contributed by atoms with Gasteiger partial charge in [-0.2, -0.15) is 0 Å². The zero-order chi connectivity index (χ0) is 13.3. The van der Waals surface area contributed by atoms with Crippen LogP contribution >= 0.6 is 11.8 Å². The lowest BCUT2D eigenvalue weighted by Gasteiger charge is -2.20. The molecule has 1 amide bonds. The van der Waals surface area contributed by atoms with E-state index in [0.717, 1.165) is 5.75 Å². The number of esters is 1. The minimum atomic E-state index is -0.295. The molecule has 5 nitrogen and oxygen atoms in total. The number of thioether (sulfide) groups is 1.